The van der Waals surface area contributed by atoms with Crippen LogP contribution in [0, 0.1) is 0 Å². The van der Waals surface area contributed by atoms with E-state index in [9.17, 15) is 0 Å². The lowest BCUT2D eigenvalue weighted by Crippen LogP contribution is -2.00. The summed E-state index contributed by atoms with van der Waals surface area (Å²) in [6.07, 6.45) is 7.61. The van der Waals surface area contributed by atoms with Gasteiger partial charge in [-0.3, -0.25) is 0 Å². The van der Waals surface area contributed by atoms with Crippen LogP contribution < -0.4 is 0 Å². The van der Waals surface area contributed by atoms with E-state index in [1.807, 2.05) is 10.8 Å². The molecule has 0 aliphatic carbocycles. The Morgan fingerprint density at radius 1 is 1.69 bits per heavy atom. The lowest BCUT2D eigenvalue weighted by molar-refractivity contribution is 0.112. The molecule has 0 fully saturated rings. The first-order valence-electron chi connectivity index (χ1n) is 4.60. The van der Waals surface area contributed by atoms with E-state index in [-0.39, 0.29) is 0 Å². The Hall–Kier alpha value is -1.09. The molecule has 0 aliphatic heterocycles. The molecule has 0 aliphatic rings. The minimum absolute atomic E-state index is 0.568. The fourth-order valence-corrected chi connectivity index (χ4v) is 1.03. The standard InChI is InChI=1S/C10H16N2O/c1-3-5-8-13-9-10-11-6-7-12(10)4-2/h4,6-7H,2-3,5,8-9H2,1H3. The summed E-state index contributed by atoms with van der Waals surface area (Å²) in [4.78, 5) is 4.15. The Balaban J connectivity index is 2.31. The highest BCUT2D eigenvalue weighted by molar-refractivity contribution is 5.19. The van der Waals surface area contributed by atoms with Gasteiger partial charge in [0, 0.05) is 25.2 Å². The van der Waals surface area contributed by atoms with Crippen LogP contribution in [0.15, 0.2) is 19.0 Å². The number of unbranched alkanes of at least 4 members (excludes halogenated alkanes) is 1. The molecule has 0 aromatic carbocycles. The summed E-state index contributed by atoms with van der Waals surface area (Å²) in [5.74, 6) is 0.908. The molecule has 1 aromatic rings. The summed E-state index contributed by atoms with van der Waals surface area (Å²) >= 11 is 0. The van der Waals surface area contributed by atoms with Crippen molar-refractivity contribution in [2.24, 2.45) is 0 Å². The second kappa shape index (κ2) is 5.54. The van der Waals surface area contributed by atoms with Gasteiger partial charge in [-0.15, -0.1) is 0 Å². The largest absolute Gasteiger partial charge is 0.374 e. The summed E-state index contributed by atoms with van der Waals surface area (Å²) in [5, 5.41) is 0. The van der Waals surface area contributed by atoms with Crippen molar-refractivity contribution in [3.8, 4) is 0 Å². The van der Waals surface area contributed by atoms with Crippen molar-refractivity contribution in [2.45, 2.75) is 26.4 Å². The van der Waals surface area contributed by atoms with Crippen molar-refractivity contribution in [3.05, 3.63) is 24.8 Å². The Morgan fingerprint density at radius 3 is 3.23 bits per heavy atom. The van der Waals surface area contributed by atoms with E-state index in [0.29, 0.717) is 6.61 Å². The molecule has 0 saturated heterocycles. The first kappa shape index (κ1) is 9.99. The van der Waals surface area contributed by atoms with Gasteiger partial charge in [-0.25, -0.2) is 4.98 Å². The molecule has 0 radical (unpaired) electrons. The van der Waals surface area contributed by atoms with Gasteiger partial charge in [0.05, 0.1) is 0 Å². The maximum absolute atomic E-state index is 5.43. The minimum atomic E-state index is 0.568. The van der Waals surface area contributed by atoms with Gasteiger partial charge in [0.15, 0.2) is 0 Å². The predicted octanol–water partition coefficient (Wildman–Crippen LogP) is 2.30. The lowest BCUT2D eigenvalue weighted by atomic mass is 10.4. The SMILES string of the molecule is C=Cn1ccnc1COCCCC. The van der Waals surface area contributed by atoms with E-state index >= 15 is 0 Å². The van der Waals surface area contributed by atoms with E-state index < -0.39 is 0 Å². The van der Waals surface area contributed by atoms with Crippen molar-refractivity contribution in [1.29, 1.82) is 0 Å². The number of nitrogens with zero attached hydrogens (tertiary/aromatic N) is 2. The third-order valence-corrected chi connectivity index (χ3v) is 1.82. The van der Waals surface area contributed by atoms with Gasteiger partial charge in [0.2, 0.25) is 0 Å². The average Bonchev–Trinajstić information content (AvgIpc) is 2.60. The van der Waals surface area contributed by atoms with Gasteiger partial charge < -0.3 is 9.30 Å². The predicted molar refractivity (Wildman–Crippen MR) is 53.2 cm³/mol. The number of rotatable bonds is 6. The van der Waals surface area contributed by atoms with E-state index in [1.54, 1.807) is 12.4 Å². The number of aromatic nitrogens is 2. The quantitative estimate of drug-likeness (QED) is 0.628. The van der Waals surface area contributed by atoms with Gasteiger partial charge in [0.25, 0.3) is 0 Å². The second-order valence-corrected chi connectivity index (χ2v) is 2.84. The monoisotopic (exact) mass is 180 g/mol. The van der Waals surface area contributed by atoms with Crippen LogP contribution in [0.25, 0.3) is 6.20 Å². The van der Waals surface area contributed by atoms with Crippen molar-refractivity contribution in [3.63, 3.8) is 0 Å². The topological polar surface area (TPSA) is 27.1 Å². The average molecular weight is 180 g/mol. The van der Waals surface area contributed by atoms with Crippen LogP contribution >= 0.6 is 0 Å². The van der Waals surface area contributed by atoms with Crippen molar-refractivity contribution in [2.75, 3.05) is 6.61 Å². The summed E-state index contributed by atoms with van der Waals surface area (Å²) < 4.78 is 7.30. The fourth-order valence-electron chi connectivity index (χ4n) is 1.03. The van der Waals surface area contributed by atoms with Crippen LogP contribution in [0.4, 0.5) is 0 Å². The van der Waals surface area contributed by atoms with E-state index in [2.05, 4.69) is 18.5 Å². The second-order valence-electron chi connectivity index (χ2n) is 2.84. The smallest absolute Gasteiger partial charge is 0.138 e. The molecule has 1 rings (SSSR count). The van der Waals surface area contributed by atoms with Crippen LogP contribution in [0.5, 0.6) is 0 Å². The van der Waals surface area contributed by atoms with Crippen molar-refractivity contribution >= 4 is 6.20 Å². The normalized spacial score (nSPS) is 10.2. The molecule has 3 heteroatoms. The molecule has 0 saturated carbocycles. The molecule has 3 nitrogen and oxygen atoms in total. The molecule has 1 aromatic heterocycles. The highest BCUT2D eigenvalue weighted by Gasteiger charge is 1.98. The van der Waals surface area contributed by atoms with E-state index in [0.717, 1.165) is 25.3 Å². The summed E-state index contributed by atoms with van der Waals surface area (Å²) in [5.41, 5.74) is 0. The van der Waals surface area contributed by atoms with Gasteiger partial charge in [-0.2, -0.15) is 0 Å². The zero-order chi connectivity index (χ0) is 9.52. The van der Waals surface area contributed by atoms with Crippen LogP contribution in [-0.4, -0.2) is 16.2 Å². The van der Waals surface area contributed by atoms with Gasteiger partial charge in [-0.1, -0.05) is 19.9 Å². The van der Waals surface area contributed by atoms with Crippen molar-refractivity contribution in [1.82, 2.24) is 9.55 Å². The Bertz CT molecular complexity index is 255. The third kappa shape index (κ3) is 3.03. The first-order valence-corrected chi connectivity index (χ1v) is 4.60. The van der Waals surface area contributed by atoms with E-state index in [4.69, 9.17) is 4.74 Å². The molecule has 0 atom stereocenters. The summed E-state index contributed by atoms with van der Waals surface area (Å²) in [6.45, 7) is 7.20. The summed E-state index contributed by atoms with van der Waals surface area (Å²) in [6, 6.07) is 0. The molecule has 13 heavy (non-hydrogen) atoms. The molecule has 0 N–H and O–H groups in total. The zero-order valence-electron chi connectivity index (χ0n) is 8.07. The maximum Gasteiger partial charge on any atom is 0.138 e. The zero-order valence-corrected chi connectivity index (χ0v) is 8.07. The van der Waals surface area contributed by atoms with Crippen LogP contribution in [0.1, 0.15) is 25.6 Å². The van der Waals surface area contributed by atoms with Crippen LogP contribution in [0.3, 0.4) is 0 Å². The van der Waals surface area contributed by atoms with Gasteiger partial charge >= 0.3 is 0 Å². The van der Waals surface area contributed by atoms with Gasteiger partial charge in [0.1, 0.15) is 12.4 Å². The highest BCUT2D eigenvalue weighted by Crippen LogP contribution is 2.00. The molecule has 0 unspecified atom stereocenters. The van der Waals surface area contributed by atoms with Crippen LogP contribution in [-0.2, 0) is 11.3 Å². The molecule has 0 spiro atoms. The minimum Gasteiger partial charge on any atom is -0.374 e. The van der Waals surface area contributed by atoms with Crippen LogP contribution in [0.2, 0.25) is 0 Å². The number of hydrogen-bond donors (Lipinski definition) is 0. The Labute approximate surface area is 79.0 Å². The molecule has 0 amide bonds. The Kier molecular flexibility index (Phi) is 4.26. The van der Waals surface area contributed by atoms with E-state index in [1.165, 1.54) is 0 Å². The van der Waals surface area contributed by atoms with Gasteiger partial charge in [-0.05, 0) is 6.42 Å². The fraction of sp³-hybridized carbons (Fsp3) is 0.500. The lowest BCUT2D eigenvalue weighted by Gasteiger charge is -2.03. The summed E-state index contributed by atoms with van der Waals surface area (Å²) in [7, 11) is 0. The van der Waals surface area contributed by atoms with Crippen molar-refractivity contribution < 1.29 is 4.74 Å². The maximum atomic E-state index is 5.43. The first-order chi connectivity index (χ1) is 6.38. The molecule has 1 heterocycles. The number of hydrogen-bond acceptors (Lipinski definition) is 2. The highest BCUT2D eigenvalue weighted by atomic mass is 16.5. The molecular weight excluding hydrogens is 164 g/mol. The Morgan fingerprint density at radius 2 is 2.54 bits per heavy atom. The number of ether oxygens (including phenoxy) is 1. The molecule has 72 valence electrons. The third-order valence-electron chi connectivity index (χ3n) is 1.82. The number of imidazole rings is 1. The molecule has 0 bridgehead atoms. The molecular formula is C10H16N2O.